The Morgan fingerprint density at radius 2 is 1.84 bits per heavy atom. The standard InChI is InChI=1S/C17H22F3N3O2/c18-17(19,20)14-3-1-13(2-4-14)11-22-6-8-23(9-7-22)16(24)21-15-5-10-25-12-15/h1-4,15H,5-12H2,(H,21,24)/t15-/m0/s1. The molecule has 1 N–H and O–H groups in total. The molecule has 25 heavy (non-hydrogen) atoms. The van der Waals surface area contributed by atoms with Gasteiger partial charge in [-0.1, -0.05) is 12.1 Å². The van der Waals surface area contributed by atoms with E-state index in [0.717, 1.165) is 24.1 Å². The number of alkyl halides is 3. The minimum atomic E-state index is -4.30. The fourth-order valence-corrected chi connectivity index (χ4v) is 3.08. The summed E-state index contributed by atoms with van der Waals surface area (Å²) in [6.07, 6.45) is -3.46. The molecule has 0 radical (unpaired) electrons. The van der Waals surface area contributed by atoms with Gasteiger partial charge in [0.05, 0.1) is 18.2 Å². The van der Waals surface area contributed by atoms with Crippen molar-refractivity contribution >= 4 is 6.03 Å². The van der Waals surface area contributed by atoms with Crippen LogP contribution in [0, 0.1) is 0 Å². The Hall–Kier alpha value is -1.80. The highest BCUT2D eigenvalue weighted by atomic mass is 19.4. The van der Waals surface area contributed by atoms with Crippen LogP contribution < -0.4 is 5.32 Å². The summed E-state index contributed by atoms with van der Waals surface area (Å²) in [5.74, 6) is 0. The second-order valence-corrected chi connectivity index (χ2v) is 6.47. The molecular formula is C17H22F3N3O2. The third kappa shape index (κ3) is 4.85. The van der Waals surface area contributed by atoms with Gasteiger partial charge in [0.15, 0.2) is 0 Å². The Bertz CT molecular complexity index is 578. The first-order chi connectivity index (χ1) is 11.9. The molecule has 8 heteroatoms. The molecular weight excluding hydrogens is 335 g/mol. The highest BCUT2D eigenvalue weighted by Crippen LogP contribution is 2.29. The highest BCUT2D eigenvalue weighted by Gasteiger charge is 2.30. The van der Waals surface area contributed by atoms with E-state index in [9.17, 15) is 18.0 Å². The first-order valence-corrected chi connectivity index (χ1v) is 8.43. The maximum absolute atomic E-state index is 12.6. The second kappa shape index (κ2) is 7.61. The lowest BCUT2D eigenvalue weighted by Gasteiger charge is -2.35. The van der Waals surface area contributed by atoms with Gasteiger partial charge in [-0.3, -0.25) is 4.90 Å². The SMILES string of the molecule is O=C(N[C@H]1CCOC1)N1CCN(Cc2ccc(C(F)(F)F)cc2)CC1. The predicted octanol–water partition coefficient (Wildman–Crippen LogP) is 2.32. The molecule has 0 aromatic heterocycles. The summed E-state index contributed by atoms with van der Waals surface area (Å²) in [6, 6.07) is 5.29. The topological polar surface area (TPSA) is 44.8 Å². The van der Waals surface area contributed by atoms with Gasteiger partial charge in [-0.05, 0) is 24.1 Å². The van der Waals surface area contributed by atoms with Crippen molar-refractivity contribution in [2.45, 2.75) is 25.2 Å². The smallest absolute Gasteiger partial charge is 0.379 e. The maximum atomic E-state index is 12.6. The summed E-state index contributed by atoms with van der Waals surface area (Å²) in [5, 5.41) is 2.97. The Kier molecular flexibility index (Phi) is 5.48. The quantitative estimate of drug-likeness (QED) is 0.903. The number of ether oxygens (including phenoxy) is 1. The number of piperazine rings is 1. The van der Waals surface area contributed by atoms with Gasteiger partial charge in [0.1, 0.15) is 0 Å². The lowest BCUT2D eigenvalue weighted by atomic mass is 10.1. The van der Waals surface area contributed by atoms with E-state index >= 15 is 0 Å². The maximum Gasteiger partial charge on any atom is 0.416 e. The summed E-state index contributed by atoms with van der Waals surface area (Å²) in [5.41, 5.74) is 0.211. The van der Waals surface area contributed by atoms with Crippen molar-refractivity contribution in [1.82, 2.24) is 15.1 Å². The minimum absolute atomic E-state index is 0.0651. The number of carbonyl (C=O) groups excluding carboxylic acids is 1. The zero-order chi connectivity index (χ0) is 17.9. The summed E-state index contributed by atoms with van der Waals surface area (Å²) in [6.45, 7) is 4.47. The van der Waals surface area contributed by atoms with E-state index in [0.29, 0.717) is 45.9 Å². The third-order valence-corrected chi connectivity index (χ3v) is 4.60. The summed E-state index contributed by atoms with van der Waals surface area (Å²) >= 11 is 0. The van der Waals surface area contributed by atoms with Gasteiger partial charge in [-0.2, -0.15) is 13.2 Å². The van der Waals surface area contributed by atoms with Gasteiger partial charge >= 0.3 is 12.2 Å². The predicted molar refractivity (Wildman–Crippen MR) is 86.0 cm³/mol. The molecule has 3 rings (SSSR count). The molecule has 2 saturated heterocycles. The lowest BCUT2D eigenvalue weighted by Crippen LogP contribution is -2.53. The number of benzene rings is 1. The van der Waals surface area contributed by atoms with Crippen molar-refractivity contribution in [2.75, 3.05) is 39.4 Å². The van der Waals surface area contributed by atoms with Gasteiger partial charge in [0, 0.05) is 39.3 Å². The van der Waals surface area contributed by atoms with E-state index in [4.69, 9.17) is 4.74 Å². The molecule has 2 amide bonds. The van der Waals surface area contributed by atoms with Crippen LogP contribution in [0.3, 0.4) is 0 Å². The second-order valence-electron chi connectivity index (χ2n) is 6.47. The molecule has 2 aliphatic heterocycles. The number of nitrogens with zero attached hydrogens (tertiary/aromatic N) is 2. The van der Waals surface area contributed by atoms with Crippen LogP contribution in [0.25, 0.3) is 0 Å². The molecule has 0 aliphatic carbocycles. The van der Waals surface area contributed by atoms with Crippen molar-refractivity contribution < 1.29 is 22.7 Å². The van der Waals surface area contributed by atoms with Gasteiger partial charge < -0.3 is 15.0 Å². The van der Waals surface area contributed by atoms with Crippen molar-refractivity contribution in [3.05, 3.63) is 35.4 Å². The van der Waals surface area contributed by atoms with Gasteiger partial charge in [-0.15, -0.1) is 0 Å². The van der Waals surface area contributed by atoms with E-state index in [1.54, 1.807) is 4.90 Å². The summed E-state index contributed by atoms with van der Waals surface area (Å²) in [4.78, 5) is 16.1. The number of carbonyl (C=O) groups is 1. The van der Waals surface area contributed by atoms with E-state index in [1.165, 1.54) is 12.1 Å². The van der Waals surface area contributed by atoms with E-state index in [1.807, 2.05) is 0 Å². The van der Waals surface area contributed by atoms with Crippen LogP contribution >= 0.6 is 0 Å². The summed E-state index contributed by atoms with van der Waals surface area (Å²) < 4.78 is 43.0. The number of amides is 2. The fourth-order valence-electron chi connectivity index (χ4n) is 3.08. The van der Waals surface area contributed by atoms with Crippen LogP contribution in [0.1, 0.15) is 17.5 Å². The van der Waals surface area contributed by atoms with Crippen molar-refractivity contribution in [2.24, 2.45) is 0 Å². The largest absolute Gasteiger partial charge is 0.416 e. The van der Waals surface area contributed by atoms with Crippen molar-refractivity contribution in [3.63, 3.8) is 0 Å². The first-order valence-electron chi connectivity index (χ1n) is 8.43. The summed E-state index contributed by atoms with van der Waals surface area (Å²) in [7, 11) is 0. The lowest BCUT2D eigenvalue weighted by molar-refractivity contribution is -0.137. The number of halogens is 3. The van der Waals surface area contributed by atoms with E-state index < -0.39 is 11.7 Å². The van der Waals surface area contributed by atoms with Crippen LogP contribution in [-0.4, -0.2) is 61.3 Å². The highest BCUT2D eigenvalue weighted by molar-refractivity contribution is 5.74. The molecule has 2 aliphatic rings. The van der Waals surface area contributed by atoms with E-state index in [2.05, 4.69) is 10.2 Å². The molecule has 1 aromatic carbocycles. The molecule has 0 unspecified atom stereocenters. The number of urea groups is 1. The average molecular weight is 357 g/mol. The Morgan fingerprint density at radius 3 is 2.40 bits per heavy atom. The molecule has 0 bridgehead atoms. The fraction of sp³-hybridized carbons (Fsp3) is 0.588. The Morgan fingerprint density at radius 1 is 1.16 bits per heavy atom. The van der Waals surface area contributed by atoms with Crippen LogP contribution in [0.5, 0.6) is 0 Å². The van der Waals surface area contributed by atoms with Crippen molar-refractivity contribution in [3.8, 4) is 0 Å². The van der Waals surface area contributed by atoms with Crippen molar-refractivity contribution in [1.29, 1.82) is 0 Å². The van der Waals surface area contributed by atoms with Crippen LogP contribution in [0.2, 0.25) is 0 Å². The van der Waals surface area contributed by atoms with Gasteiger partial charge in [0.25, 0.3) is 0 Å². The zero-order valence-electron chi connectivity index (χ0n) is 13.9. The number of hydrogen-bond donors (Lipinski definition) is 1. The molecule has 0 saturated carbocycles. The number of hydrogen-bond acceptors (Lipinski definition) is 3. The minimum Gasteiger partial charge on any atom is -0.379 e. The first kappa shape index (κ1) is 18.0. The molecule has 1 atom stereocenters. The zero-order valence-corrected chi connectivity index (χ0v) is 13.9. The molecule has 2 heterocycles. The van der Waals surface area contributed by atoms with Crippen LogP contribution in [0.15, 0.2) is 24.3 Å². The van der Waals surface area contributed by atoms with Gasteiger partial charge in [-0.25, -0.2) is 4.79 Å². The molecule has 1 aromatic rings. The average Bonchev–Trinajstić information content (AvgIpc) is 3.08. The molecule has 2 fully saturated rings. The van der Waals surface area contributed by atoms with Crippen LogP contribution in [-0.2, 0) is 17.5 Å². The van der Waals surface area contributed by atoms with Gasteiger partial charge in [0.2, 0.25) is 0 Å². The molecule has 0 spiro atoms. The number of rotatable bonds is 3. The Balaban J connectivity index is 1.45. The van der Waals surface area contributed by atoms with E-state index in [-0.39, 0.29) is 12.1 Å². The Labute approximate surface area is 144 Å². The monoisotopic (exact) mass is 357 g/mol. The third-order valence-electron chi connectivity index (χ3n) is 4.60. The normalized spacial score (nSPS) is 22.2. The molecule has 138 valence electrons. The van der Waals surface area contributed by atoms with Crippen LogP contribution in [0.4, 0.5) is 18.0 Å². The number of nitrogens with one attached hydrogen (secondary N) is 1. The molecule has 5 nitrogen and oxygen atoms in total.